The van der Waals surface area contributed by atoms with E-state index < -0.39 is 10.0 Å². The van der Waals surface area contributed by atoms with Crippen LogP contribution in [0.25, 0.3) is 0 Å². The van der Waals surface area contributed by atoms with Crippen molar-refractivity contribution < 1.29 is 8.42 Å². The molecule has 1 aliphatic rings. The fraction of sp³-hybridized carbons (Fsp3) is 0.400. The number of halogens is 1. The fourth-order valence-corrected chi connectivity index (χ4v) is 5.96. The second kappa shape index (κ2) is 7.27. The minimum absolute atomic E-state index is 0. The minimum Gasteiger partial charge on any atom is -0.313 e. The first-order chi connectivity index (χ1) is 10.5. The molecular weight excluding hydrogens is 354 g/mol. The highest BCUT2D eigenvalue weighted by Crippen LogP contribution is 2.33. The number of sulfonamides is 1. The number of rotatable bonds is 3. The summed E-state index contributed by atoms with van der Waals surface area (Å²) in [7, 11) is -3.49. The van der Waals surface area contributed by atoms with Crippen LogP contribution in [-0.2, 0) is 10.0 Å². The van der Waals surface area contributed by atoms with E-state index in [4.69, 9.17) is 0 Å². The third-order valence-electron chi connectivity index (χ3n) is 3.85. The lowest BCUT2D eigenvalue weighted by Crippen LogP contribution is -2.48. The van der Waals surface area contributed by atoms with E-state index in [9.17, 15) is 8.42 Å². The SMILES string of the molecule is Cc1cc(S(=O)(=O)N2CCNCC2c2cccnc2)c(C)s1.Cl. The van der Waals surface area contributed by atoms with Gasteiger partial charge in [-0.2, -0.15) is 4.31 Å². The van der Waals surface area contributed by atoms with Crippen LogP contribution in [0.4, 0.5) is 0 Å². The molecule has 0 aromatic carbocycles. The lowest BCUT2D eigenvalue weighted by atomic mass is 10.1. The zero-order valence-corrected chi connectivity index (χ0v) is 15.5. The molecule has 0 aliphatic carbocycles. The molecule has 3 rings (SSSR count). The van der Waals surface area contributed by atoms with Crippen LogP contribution in [0.1, 0.15) is 21.4 Å². The van der Waals surface area contributed by atoms with Crippen molar-refractivity contribution >= 4 is 33.8 Å². The first-order valence-electron chi connectivity index (χ1n) is 7.19. The van der Waals surface area contributed by atoms with Crippen molar-refractivity contribution in [1.29, 1.82) is 0 Å². The quantitative estimate of drug-likeness (QED) is 0.897. The molecular formula is C15H20ClN3O2S2. The largest absolute Gasteiger partial charge is 0.313 e. The summed E-state index contributed by atoms with van der Waals surface area (Å²) in [6.07, 6.45) is 3.44. The average Bonchev–Trinajstić information content (AvgIpc) is 2.87. The minimum atomic E-state index is -3.49. The maximum Gasteiger partial charge on any atom is 0.244 e. The molecule has 0 spiro atoms. The van der Waals surface area contributed by atoms with Crippen molar-refractivity contribution in [3.63, 3.8) is 0 Å². The topological polar surface area (TPSA) is 62.3 Å². The second-order valence-electron chi connectivity index (χ2n) is 5.40. The molecule has 0 amide bonds. The average molecular weight is 374 g/mol. The van der Waals surface area contributed by atoms with E-state index in [1.165, 1.54) is 11.3 Å². The molecule has 0 radical (unpaired) electrons. The summed E-state index contributed by atoms with van der Waals surface area (Å²) in [6.45, 7) is 5.54. The maximum atomic E-state index is 13.1. The van der Waals surface area contributed by atoms with Crippen molar-refractivity contribution in [2.45, 2.75) is 24.8 Å². The van der Waals surface area contributed by atoms with Crippen LogP contribution in [-0.4, -0.2) is 37.3 Å². The molecule has 2 aromatic heterocycles. The predicted octanol–water partition coefficient (Wildman–Crippen LogP) is 2.52. The summed E-state index contributed by atoms with van der Waals surface area (Å²) < 4.78 is 27.8. The van der Waals surface area contributed by atoms with E-state index in [-0.39, 0.29) is 18.4 Å². The normalized spacial score (nSPS) is 19.3. The molecule has 1 saturated heterocycles. The van der Waals surface area contributed by atoms with Gasteiger partial charge in [-0.15, -0.1) is 23.7 Å². The van der Waals surface area contributed by atoms with Gasteiger partial charge in [-0.3, -0.25) is 4.98 Å². The maximum absolute atomic E-state index is 13.1. The van der Waals surface area contributed by atoms with Crippen LogP contribution in [0.3, 0.4) is 0 Å². The Bertz CT molecular complexity index is 762. The summed E-state index contributed by atoms with van der Waals surface area (Å²) in [5.74, 6) is 0. The zero-order chi connectivity index (χ0) is 15.7. The molecule has 3 heterocycles. The smallest absolute Gasteiger partial charge is 0.244 e. The number of aromatic nitrogens is 1. The molecule has 1 N–H and O–H groups in total. The van der Waals surface area contributed by atoms with Crippen molar-refractivity contribution in [2.24, 2.45) is 0 Å². The second-order valence-corrected chi connectivity index (χ2v) is 8.72. The number of aryl methyl sites for hydroxylation is 2. The lowest BCUT2D eigenvalue weighted by molar-refractivity contribution is 0.271. The molecule has 1 atom stereocenters. The van der Waals surface area contributed by atoms with E-state index in [0.717, 1.165) is 15.3 Å². The Balaban J connectivity index is 0.00000192. The number of pyridine rings is 1. The zero-order valence-electron chi connectivity index (χ0n) is 13.0. The third kappa shape index (κ3) is 3.59. The van der Waals surface area contributed by atoms with Crippen LogP contribution in [0.5, 0.6) is 0 Å². The summed E-state index contributed by atoms with van der Waals surface area (Å²) in [4.78, 5) is 6.43. The Hall–Kier alpha value is -0.990. The van der Waals surface area contributed by atoms with E-state index in [1.807, 2.05) is 26.0 Å². The van der Waals surface area contributed by atoms with Crippen LogP contribution >= 0.6 is 23.7 Å². The van der Waals surface area contributed by atoms with E-state index in [0.29, 0.717) is 24.5 Å². The van der Waals surface area contributed by atoms with E-state index >= 15 is 0 Å². The van der Waals surface area contributed by atoms with Crippen LogP contribution in [0.15, 0.2) is 35.5 Å². The number of thiophene rings is 1. The first-order valence-corrected chi connectivity index (χ1v) is 9.45. The van der Waals surface area contributed by atoms with Gasteiger partial charge in [0.25, 0.3) is 0 Å². The summed E-state index contributed by atoms with van der Waals surface area (Å²) in [5, 5.41) is 3.28. The third-order valence-corrected chi connectivity index (χ3v) is 6.98. The number of hydrogen-bond donors (Lipinski definition) is 1. The highest BCUT2D eigenvalue weighted by atomic mass is 35.5. The standard InChI is InChI=1S/C15H19N3O2S2.ClH/c1-11-8-15(12(2)21-11)22(19,20)18-7-6-17-10-14(18)13-4-3-5-16-9-13;/h3-5,8-9,14,17H,6-7,10H2,1-2H3;1H. The van der Waals surface area contributed by atoms with Gasteiger partial charge in [0, 0.05) is 41.8 Å². The Kier molecular flexibility index (Phi) is 5.80. The Morgan fingerprint density at radius 2 is 2.17 bits per heavy atom. The summed E-state index contributed by atoms with van der Waals surface area (Å²) in [6, 6.07) is 5.33. The van der Waals surface area contributed by atoms with Crippen LogP contribution in [0, 0.1) is 13.8 Å². The molecule has 23 heavy (non-hydrogen) atoms. The van der Waals surface area contributed by atoms with Gasteiger partial charge >= 0.3 is 0 Å². The van der Waals surface area contributed by atoms with Gasteiger partial charge in [0.1, 0.15) is 0 Å². The molecule has 126 valence electrons. The summed E-state index contributed by atoms with van der Waals surface area (Å²) in [5.41, 5.74) is 0.919. The monoisotopic (exact) mass is 373 g/mol. The van der Waals surface area contributed by atoms with Gasteiger partial charge in [-0.1, -0.05) is 6.07 Å². The Morgan fingerprint density at radius 1 is 1.39 bits per heavy atom. The first kappa shape index (κ1) is 18.4. The Labute approximate surface area is 147 Å². The van der Waals surface area contributed by atoms with Crippen molar-refractivity contribution in [1.82, 2.24) is 14.6 Å². The molecule has 1 aliphatic heterocycles. The number of piperazine rings is 1. The molecule has 1 unspecified atom stereocenters. The Morgan fingerprint density at radius 3 is 2.78 bits per heavy atom. The van der Waals surface area contributed by atoms with Gasteiger partial charge in [-0.05, 0) is 31.5 Å². The van der Waals surface area contributed by atoms with E-state index in [2.05, 4.69) is 10.3 Å². The van der Waals surface area contributed by atoms with Gasteiger partial charge in [0.2, 0.25) is 10.0 Å². The molecule has 5 nitrogen and oxygen atoms in total. The van der Waals surface area contributed by atoms with Crippen LogP contribution in [0.2, 0.25) is 0 Å². The number of nitrogens with one attached hydrogen (secondary N) is 1. The molecule has 8 heteroatoms. The molecule has 1 fully saturated rings. The van der Waals surface area contributed by atoms with Gasteiger partial charge < -0.3 is 5.32 Å². The van der Waals surface area contributed by atoms with Gasteiger partial charge in [0.05, 0.1) is 10.9 Å². The van der Waals surface area contributed by atoms with Gasteiger partial charge in [0.15, 0.2) is 0 Å². The molecule has 0 bridgehead atoms. The highest BCUT2D eigenvalue weighted by Gasteiger charge is 2.35. The predicted molar refractivity (Wildman–Crippen MR) is 94.8 cm³/mol. The number of nitrogens with zero attached hydrogens (tertiary/aromatic N) is 2. The van der Waals surface area contributed by atoms with Gasteiger partial charge in [-0.25, -0.2) is 8.42 Å². The van der Waals surface area contributed by atoms with Crippen molar-refractivity contribution in [3.8, 4) is 0 Å². The van der Waals surface area contributed by atoms with Crippen molar-refractivity contribution in [3.05, 3.63) is 45.9 Å². The van der Waals surface area contributed by atoms with Crippen molar-refractivity contribution in [2.75, 3.05) is 19.6 Å². The highest BCUT2D eigenvalue weighted by molar-refractivity contribution is 7.89. The van der Waals surface area contributed by atoms with E-state index in [1.54, 1.807) is 22.8 Å². The summed E-state index contributed by atoms with van der Waals surface area (Å²) >= 11 is 1.52. The fourth-order valence-electron chi connectivity index (χ4n) is 2.82. The number of hydrogen-bond acceptors (Lipinski definition) is 5. The van der Waals surface area contributed by atoms with Crippen LogP contribution < -0.4 is 5.32 Å². The molecule has 2 aromatic rings. The molecule has 0 saturated carbocycles. The lowest BCUT2D eigenvalue weighted by Gasteiger charge is -2.35.